The molecule has 0 atom stereocenters. The first kappa shape index (κ1) is 11.9. The minimum atomic E-state index is -0.113. The van der Waals surface area contributed by atoms with E-state index in [1.807, 2.05) is 29.8 Å². The average molecular weight is 256 g/mol. The summed E-state index contributed by atoms with van der Waals surface area (Å²) in [5.41, 5.74) is 2.51. The lowest BCUT2D eigenvalue weighted by atomic mass is 10.1. The lowest BCUT2D eigenvalue weighted by molar-refractivity contribution is 0.359. The molecule has 0 fully saturated rings. The van der Waals surface area contributed by atoms with Crippen molar-refractivity contribution in [1.82, 2.24) is 19.7 Å². The van der Waals surface area contributed by atoms with E-state index in [1.54, 1.807) is 6.33 Å². The van der Waals surface area contributed by atoms with Gasteiger partial charge in [-0.3, -0.25) is 0 Å². The van der Waals surface area contributed by atoms with Gasteiger partial charge in [-0.2, -0.15) is 5.10 Å². The van der Waals surface area contributed by atoms with Gasteiger partial charge in [0.2, 0.25) is 0 Å². The van der Waals surface area contributed by atoms with Crippen LogP contribution in [0.25, 0.3) is 22.5 Å². The highest BCUT2D eigenvalue weighted by atomic mass is 16.3. The molecule has 3 aromatic rings. The summed E-state index contributed by atoms with van der Waals surface area (Å²) in [6.45, 7) is 8.14. The smallest absolute Gasteiger partial charge is 0.192 e. The second-order valence-corrected chi connectivity index (χ2v) is 5.58. The Morgan fingerprint density at radius 1 is 1.21 bits per heavy atom. The molecule has 0 N–H and O–H groups in total. The quantitative estimate of drug-likeness (QED) is 0.671. The fourth-order valence-electron chi connectivity index (χ4n) is 2.11. The molecule has 0 aliphatic rings. The number of nitrogens with zero attached hydrogens (tertiary/aromatic N) is 4. The van der Waals surface area contributed by atoms with Crippen LogP contribution < -0.4 is 0 Å². The van der Waals surface area contributed by atoms with Gasteiger partial charge in [-0.15, -0.1) is 0 Å². The summed E-state index contributed by atoms with van der Waals surface area (Å²) in [5.74, 6) is 1.51. The van der Waals surface area contributed by atoms with Crippen molar-refractivity contribution in [2.75, 3.05) is 0 Å². The molecule has 3 rings (SSSR count). The maximum atomic E-state index is 5.56. The molecule has 0 aliphatic carbocycles. The summed E-state index contributed by atoms with van der Waals surface area (Å²) < 4.78 is 7.48. The fourth-order valence-corrected chi connectivity index (χ4v) is 2.11. The highest BCUT2D eigenvalue weighted by molar-refractivity contribution is 5.78. The zero-order valence-electron chi connectivity index (χ0n) is 11.5. The third-order valence-electron chi connectivity index (χ3n) is 2.94. The zero-order chi connectivity index (χ0) is 13.6. The second kappa shape index (κ2) is 3.91. The highest BCUT2D eigenvalue weighted by Crippen LogP contribution is 2.26. The van der Waals surface area contributed by atoms with Gasteiger partial charge in [0.25, 0.3) is 0 Å². The molecule has 0 bridgehead atoms. The monoisotopic (exact) mass is 256 g/mol. The van der Waals surface area contributed by atoms with Crippen molar-refractivity contribution in [2.45, 2.75) is 33.2 Å². The minimum Gasteiger partial charge on any atom is -0.441 e. The molecule has 5 heteroatoms. The standard InChI is InChI=1S/C14H16N4O/c1-9-17-11-6-5-10(7-12(11)19-9)13-15-8-16-18(13)14(2,3)4/h5-8H,1-4H3. The SMILES string of the molecule is Cc1nc2ccc(-c3ncnn3C(C)(C)C)cc2o1. The van der Waals surface area contributed by atoms with E-state index in [-0.39, 0.29) is 5.54 Å². The van der Waals surface area contributed by atoms with Gasteiger partial charge in [0, 0.05) is 12.5 Å². The molecule has 2 aromatic heterocycles. The van der Waals surface area contributed by atoms with Crippen molar-refractivity contribution in [3.05, 3.63) is 30.4 Å². The van der Waals surface area contributed by atoms with Gasteiger partial charge < -0.3 is 4.42 Å². The van der Waals surface area contributed by atoms with E-state index in [9.17, 15) is 0 Å². The number of aromatic nitrogens is 4. The van der Waals surface area contributed by atoms with Crippen molar-refractivity contribution < 1.29 is 4.42 Å². The summed E-state index contributed by atoms with van der Waals surface area (Å²) in [6, 6.07) is 5.90. The maximum absolute atomic E-state index is 5.56. The Morgan fingerprint density at radius 2 is 2.00 bits per heavy atom. The van der Waals surface area contributed by atoms with Crippen molar-refractivity contribution in [2.24, 2.45) is 0 Å². The van der Waals surface area contributed by atoms with Crippen LogP contribution in [-0.2, 0) is 5.54 Å². The first-order valence-corrected chi connectivity index (χ1v) is 6.23. The van der Waals surface area contributed by atoms with E-state index in [4.69, 9.17) is 4.42 Å². The molecule has 98 valence electrons. The Morgan fingerprint density at radius 3 is 2.74 bits per heavy atom. The summed E-state index contributed by atoms with van der Waals surface area (Å²) in [4.78, 5) is 8.65. The van der Waals surface area contributed by atoms with Gasteiger partial charge >= 0.3 is 0 Å². The molecule has 19 heavy (non-hydrogen) atoms. The van der Waals surface area contributed by atoms with Crippen LogP contribution in [-0.4, -0.2) is 19.7 Å². The lowest BCUT2D eigenvalue weighted by Gasteiger charge is -2.21. The number of rotatable bonds is 1. The first-order valence-electron chi connectivity index (χ1n) is 6.23. The van der Waals surface area contributed by atoms with Gasteiger partial charge in [-0.05, 0) is 39.0 Å². The predicted molar refractivity (Wildman–Crippen MR) is 72.8 cm³/mol. The Kier molecular flexibility index (Phi) is 2.45. The Balaban J connectivity index is 2.16. The minimum absolute atomic E-state index is 0.113. The van der Waals surface area contributed by atoms with Crippen LogP contribution in [0.2, 0.25) is 0 Å². The molecule has 0 radical (unpaired) electrons. The van der Waals surface area contributed by atoms with Gasteiger partial charge in [0.05, 0.1) is 5.54 Å². The topological polar surface area (TPSA) is 56.7 Å². The molecule has 0 aliphatic heterocycles. The average Bonchev–Trinajstić information content (AvgIpc) is 2.90. The summed E-state index contributed by atoms with van der Waals surface area (Å²) in [7, 11) is 0. The number of hydrogen-bond acceptors (Lipinski definition) is 4. The van der Waals surface area contributed by atoms with Crippen molar-refractivity contribution >= 4 is 11.1 Å². The Bertz CT molecular complexity index is 733. The van der Waals surface area contributed by atoms with E-state index in [0.717, 1.165) is 22.5 Å². The molecule has 2 heterocycles. The third kappa shape index (κ3) is 2.01. The zero-order valence-corrected chi connectivity index (χ0v) is 11.5. The molecule has 0 saturated carbocycles. The summed E-state index contributed by atoms with van der Waals surface area (Å²) in [6.07, 6.45) is 1.58. The van der Waals surface area contributed by atoms with Gasteiger partial charge in [0.1, 0.15) is 11.8 Å². The molecule has 0 spiro atoms. The molecular formula is C14H16N4O. The van der Waals surface area contributed by atoms with Crippen LogP contribution in [0.15, 0.2) is 28.9 Å². The van der Waals surface area contributed by atoms with Crippen LogP contribution >= 0.6 is 0 Å². The number of oxazole rings is 1. The molecule has 5 nitrogen and oxygen atoms in total. The van der Waals surface area contributed by atoms with Crippen LogP contribution in [0.3, 0.4) is 0 Å². The van der Waals surface area contributed by atoms with E-state index in [2.05, 4.69) is 35.8 Å². The Labute approximate surface area is 111 Å². The van der Waals surface area contributed by atoms with Crippen molar-refractivity contribution in [3.8, 4) is 11.4 Å². The van der Waals surface area contributed by atoms with Crippen LogP contribution in [0.4, 0.5) is 0 Å². The number of fused-ring (bicyclic) bond motifs is 1. The van der Waals surface area contributed by atoms with Gasteiger partial charge in [-0.25, -0.2) is 14.6 Å². The van der Waals surface area contributed by atoms with E-state index in [0.29, 0.717) is 5.89 Å². The van der Waals surface area contributed by atoms with Gasteiger partial charge in [-0.1, -0.05) is 0 Å². The lowest BCUT2D eigenvalue weighted by Crippen LogP contribution is -2.24. The maximum Gasteiger partial charge on any atom is 0.192 e. The van der Waals surface area contributed by atoms with Crippen molar-refractivity contribution in [1.29, 1.82) is 0 Å². The number of aryl methyl sites for hydroxylation is 1. The molecule has 1 aromatic carbocycles. The Hall–Kier alpha value is -2.17. The molecule has 0 saturated heterocycles. The van der Waals surface area contributed by atoms with E-state index in [1.165, 1.54) is 0 Å². The van der Waals surface area contributed by atoms with Crippen molar-refractivity contribution in [3.63, 3.8) is 0 Å². The molecule has 0 unspecified atom stereocenters. The van der Waals surface area contributed by atoms with E-state index < -0.39 is 0 Å². The summed E-state index contributed by atoms with van der Waals surface area (Å²) in [5, 5.41) is 4.31. The highest BCUT2D eigenvalue weighted by Gasteiger charge is 2.19. The fraction of sp³-hybridized carbons (Fsp3) is 0.357. The summed E-state index contributed by atoms with van der Waals surface area (Å²) >= 11 is 0. The van der Waals surface area contributed by atoms with Crippen LogP contribution in [0, 0.1) is 6.92 Å². The molecular weight excluding hydrogens is 240 g/mol. The third-order valence-corrected chi connectivity index (χ3v) is 2.94. The first-order chi connectivity index (χ1) is 8.95. The predicted octanol–water partition coefficient (Wildman–Crippen LogP) is 3.15. The van der Waals surface area contributed by atoms with Gasteiger partial charge in [0.15, 0.2) is 17.3 Å². The molecule has 0 amide bonds. The number of hydrogen-bond donors (Lipinski definition) is 0. The van der Waals surface area contributed by atoms with Crippen LogP contribution in [0.1, 0.15) is 26.7 Å². The largest absolute Gasteiger partial charge is 0.441 e. The number of benzene rings is 1. The van der Waals surface area contributed by atoms with E-state index >= 15 is 0 Å². The second-order valence-electron chi connectivity index (χ2n) is 5.58. The normalized spacial score (nSPS) is 12.2. The van der Waals surface area contributed by atoms with Crippen LogP contribution in [0.5, 0.6) is 0 Å².